The highest BCUT2D eigenvalue weighted by Crippen LogP contribution is 2.35. The summed E-state index contributed by atoms with van der Waals surface area (Å²) in [6.07, 6.45) is 1.88. The van der Waals surface area contributed by atoms with Crippen molar-refractivity contribution in [1.82, 2.24) is 13.7 Å². The van der Waals surface area contributed by atoms with Crippen molar-refractivity contribution in [3.63, 3.8) is 0 Å². The Morgan fingerprint density at radius 1 is 1.27 bits per heavy atom. The summed E-state index contributed by atoms with van der Waals surface area (Å²) in [6, 6.07) is 0. The van der Waals surface area contributed by atoms with Crippen molar-refractivity contribution in [3.05, 3.63) is 22.6 Å². The van der Waals surface area contributed by atoms with Crippen LogP contribution in [0.2, 0.25) is 0 Å². The van der Waals surface area contributed by atoms with Gasteiger partial charge in [0, 0.05) is 30.1 Å². The molecular weight excluding hydrogens is 394 g/mol. The molecule has 7 nitrogen and oxygen atoms in total. The quantitative estimate of drug-likeness (QED) is 0.758. The lowest BCUT2D eigenvalue weighted by Crippen LogP contribution is -2.44. The Hall–Kier alpha value is -0.970. The van der Waals surface area contributed by atoms with Gasteiger partial charge in [-0.2, -0.15) is 0 Å². The number of nitrogens with zero attached hydrogens (tertiary/aromatic N) is 3. The molecule has 4 rings (SSSR count). The van der Waals surface area contributed by atoms with Crippen molar-refractivity contribution in [2.45, 2.75) is 44.3 Å². The second-order valence-electron chi connectivity index (χ2n) is 7.33. The van der Waals surface area contributed by atoms with Crippen molar-refractivity contribution < 1.29 is 16.8 Å². The van der Waals surface area contributed by atoms with Gasteiger partial charge in [0.2, 0.25) is 10.0 Å². The Labute approximate surface area is 158 Å². The minimum atomic E-state index is -3.59. The van der Waals surface area contributed by atoms with E-state index in [1.165, 1.54) is 4.31 Å². The molecule has 2 aromatic heterocycles. The van der Waals surface area contributed by atoms with E-state index >= 15 is 0 Å². The van der Waals surface area contributed by atoms with Crippen LogP contribution in [0.15, 0.2) is 5.38 Å². The molecule has 2 aliphatic rings. The van der Waals surface area contributed by atoms with Crippen LogP contribution in [0.25, 0.3) is 4.83 Å². The SMILES string of the molecule is Cc1csc2c([C@@H]3CCCN(S(=O)(=O)[C@@H]4CCS(=O)(=O)C4)C3)nc(C)n12. The molecular formula is C16H23N3O4S3. The van der Waals surface area contributed by atoms with E-state index < -0.39 is 25.1 Å². The first-order valence-electron chi connectivity index (χ1n) is 8.81. The van der Waals surface area contributed by atoms with Crippen LogP contribution < -0.4 is 0 Å². The summed E-state index contributed by atoms with van der Waals surface area (Å²) in [5.41, 5.74) is 2.11. The van der Waals surface area contributed by atoms with Gasteiger partial charge in [-0.25, -0.2) is 26.1 Å². The zero-order valence-corrected chi connectivity index (χ0v) is 17.3. The summed E-state index contributed by atoms with van der Waals surface area (Å²) in [4.78, 5) is 5.82. The fourth-order valence-electron chi connectivity index (χ4n) is 4.13. The van der Waals surface area contributed by atoms with Crippen LogP contribution in [-0.4, -0.2) is 60.4 Å². The van der Waals surface area contributed by atoms with Gasteiger partial charge in [0.05, 0.1) is 22.4 Å². The van der Waals surface area contributed by atoms with E-state index in [9.17, 15) is 16.8 Å². The number of aryl methyl sites for hydroxylation is 2. The summed E-state index contributed by atoms with van der Waals surface area (Å²) < 4.78 is 53.0. The maximum absolute atomic E-state index is 13.0. The van der Waals surface area contributed by atoms with E-state index in [0.29, 0.717) is 13.1 Å². The molecule has 2 aliphatic heterocycles. The van der Waals surface area contributed by atoms with Gasteiger partial charge in [0.15, 0.2) is 9.84 Å². The van der Waals surface area contributed by atoms with E-state index in [0.717, 1.165) is 34.9 Å². The maximum Gasteiger partial charge on any atom is 0.218 e. The second-order valence-corrected chi connectivity index (χ2v) is 12.6. The minimum Gasteiger partial charge on any atom is -0.292 e. The Morgan fingerprint density at radius 2 is 2.04 bits per heavy atom. The molecule has 4 heterocycles. The van der Waals surface area contributed by atoms with E-state index in [1.807, 2.05) is 13.8 Å². The minimum absolute atomic E-state index is 0.0243. The number of fused-ring (bicyclic) bond motifs is 1. The second kappa shape index (κ2) is 6.29. The summed E-state index contributed by atoms with van der Waals surface area (Å²) in [5.74, 6) is 0.715. The normalized spacial score (nSPS) is 27.3. The highest BCUT2D eigenvalue weighted by molar-refractivity contribution is 7.95. The molecule has 0 amide bonds. The van der Waals surface area contributed by atoms with Crippen molar-refractivity contribution >= 4 is 36.0 Å². The Balaban J connectivity index is 1.61. The van der Waals surface area contributed by atoms with Gasteiger partial charge in [0.25, 0.3) is 0 Å². The van der Waals surface area contributed by atoms with Crippen molar-refractivity contribution in [2.24, 2.45) is 0 Å². The third kappa shape index (κ3) is 3.00. The first kappa shape index (κ1) is 18.4. The van der Waals surface area contributed by atoms with Crippen molar-refractivity contribution in [1.29, 1.82) is 0 Å². The lowest BCUT2D eigenvalue weighted by molar-refractivity contribution is 0.311. The number of rotatable bonds is 3. The van der Waals surface area contributed by atoms with E-state index in [2.05, 4.69) is 9.78 Å². The molecule has 2 atom stereocenters. The van der Waals surface area contributed by atoms with Crippen LogP contribution in [0.4, 0.5) is 0 Å². The first-order chi connectivity index (χ1) is 12.2. The number of hydrogen-bond acceptors (Lipinski definition) is 6. The topological polar surface area (TPSA) is 88.8 Å². The first-order valence-corrected chi connectivity index (χ1v) is 13.0. The summed E-state index contributed by atoms with van der Waals surface area (Å²) in [7, 11) is -6.82. The lowest BCUT2D eigenvalue weighted by Gasteiger charge is -2.32. The average molecular weight is 418 g/mol. The molecule has 2 aromatic rings. The molecule has 0 spiro atoms. The highest BCUT2D eigenvalue weighted by atomic mass is 32.2. The Bertz CT molecular complexity index is 1050. The van der Waals surface area contributed by atoms with Crippen LogP contribution in [-0.2, 0) is 19.9 Å². The monoisotopic (exact) mass is 417 g/mol. The van der Waals surface area contributed by atoms with Gasteiger partial charge in [0.1, 0.15) is 10.7 Å². The van der Waals surface area contributed by atoms with Gasteiger partial charge < -0.3 is 0 Å². The van der Waals surface area contributed by atoms with Crippen LogP contribution >= 0.6 is 11.3 Å². The number of thiazole rings is 1. The molecule has 144 valence electrons. The number of hydrogen-bond donors (Lipinski definition) is 0. The summed E-state index contributed by atoms with van der Waals surface area (Å²) in [6.45, 7) is 4.87. The van der Waals surface area contributed by atoms with Crippen molar-refractivity contribution in [3.8, 4) is 0 Å². The third-order valence-corrected chi connectivity index (χ3v) is 10.8. The van der Waals surface area contributed by atoms with Crippen LogP contribution in [0.5, 0.6) is 0 Å². The van der Waals surface area contributed by atoms with Gasteiger partial charge in [-0.3, -0.25) is 4.40 Å². The number of sulfone groups is 1. The summed E-state index contributed by atoms with van der Waals surface area (Å²) in [5, 5.41) is 1.30. The van der Waals surface area contributed by atoms with E-state index in [4.69, 9.17) is 4.98 Å². The fourth-order valence-corrected chi connectivity index (χ4v) is 9.84. The molecule has 0 aliphatic carbocycles. The Kier molecular flexibility index (Phi) is 4.45. The third-order valence-electron chi connectivity index (χ3n) is 5.46. The maximum atomic E-state index is 13.0. The van der Waals surface area contributed by atoms with Gasteiger partial charge >= 0.3 is 0 Å². The molecule has 10 heteroatoms. The fraction of sp³-hybridized carbons (Fsp3) is 0.688. The summed E-state index contributed by atoms with van der Waals surface area (Å²) >= 11 is 1.64. The van der Waals surface area contributed by atoms with Gasteiger partial charge in [-0.15, -0.1) is 11.3 Å². The lowest BCUT2D eigenvalue weighted by atomic mass is 9.97. The van der Waals surface area contributed by atoms with Crippen LogP contribution in [0.3, 0.4) is 0 Å². The van der Waals surface area contributed by atoms with Gasteiger partial charge in [-0.05, 0) is 33.1 Å². The number of piperidine rings is 1. The van der Waals surface area contributed by atoms with Gasteiger partial charge in [-0.1, -0.05) is 0 Å². The molecule has 0 N–H and O–H groups in total. The highest BCUT2D eigenvalue weighted by Gasteiger charge is 2.42. The van der Waals surface area contributed by atoms with Crippen LogP contribution in [0.1, 0.15) is 42.4 Å². The van der Waals surface area contributed by atoms with Crippen LogP contribution in [0, 0.1) is 13.8 Å². The van der Waals surface area contributed by atoms with E-state index in [1.54, 1.807) is 11.3 Å². The van der Waals surface area contributed by atoms with Crippen molar-refractivity contribution in [2.75, 3.05) is 24.6 Å². The smallest absolute Gasteiger partial charge is 0.218 e. The number of imidazole rings is 1. The molecule has 2 fully saturated rings. The molecule has 0 saturated carbocycles. The largest absolute Gasteiger partial charge is 0.292 e. The molecule has 2 saturated heterocycles. The standard InChI is InChI=1S/C16H23N3O4S3/c1-11-9-24-16-15(17-12(2)19(11)16)13-4-3-6-18(8-13)26(22,23)14-5-7-25(20,21)10-14/h9,13-14H,3-8,10H2,1-2H3/t13-,14-/m1/s1. The average Bonchev–Trinajstić information content (AvgIpc) is 3.24. The molecule has 0 radical (unpaired) electrons. The molecule has 26 heavy (non-hydrogen) atoms. The number of sulfonamides is 1. The zero-order chi connectivity index (χ0) is 18.7. The Morgan fingerprint density at radius 3 is 2.73 bits per heavy atom. The zero-order valence-electron chi connectivity index (χ0n) is 14.9. The molecule has 0 bridgehead atoms. The number of aromatic nitrogens is 2. The predicted octanol–water partition coefficient (Wildman–Crippen LogP) is 1.71. The molecule has 0 aromatic carbocycles. The van der Waals surface area contributed by atoms with E-state index in [-0.39, 0.29) is 23.8 Å². The predicted molar refractivity (Wildman–Crippen MR) is 102 cm³/mol. The molecule has 0 unspecified atom stereocenters.